The first-order chi connectivity index (χ1) is 12.3. The molecule has 0 radical (unpaired) electrons. The van der Waals surface area contributed by atoms with Gasteiger partial charge in [-0.2, -0.15) is 0 Å². The van der Waals surface area contributed by atoms with E-state index in [2.05, 4.69) is 15.5 Å². The number of carbonyl (C=O) groups is 4. The van der Waals surface area contributed by atoms with Gasteiger partial charge in [0.2, 0.25) is 11.8 Å². The van der Waals surface area contributed by atoms with Crippen molar-refractivity contribution in [3.8, 4) is 0 Å². The highest BCUT2D eigenvalue weighted by Crippen LogP contribution is 2.21. The Labute approximate surface area is 149 Å². The Kier molecular flexibility index (Phi) is 4.61. The zero-order valence-electron chi connectivity index (χ0n) is 14.0. The van der Waals surface area contributed by atoms with Gasteiger partial charge in [-0.1, -0.05) is 0 Å². The van der Waals surface area contributed by atoms with Crippen LogP contribution in [0.3, 0.4) is 0 Å². The third kappa shape index (κ3) is 3.51. The lowest BCUT2D eigenvalue weighted by Crippen LogP contribution is -2.46. The fourth-order valence-electron chi connectivity index (χ4n) is 3.02. The SMILES string of the molecule is NC(=O)c1ccc(N2CCC(NC(=O)C3=C(N)C(=O)CC(=O)N3)C2)cc1. The Morgan fingerprint density at radius 2 is 1.88 bits per heavy atom. The maximum absolute atomic E-state index is 12.3. The number of carbonyl (C=O) groups excluding carboxylic acids is 4. The van der Waals surface area contributed by atoms with Crippen LogP contribution in [-0.2, 0) is 14.4 Å². The quantitative estimate of drug-likeness (QED) is 0.494. The first-order valence-corrected chi connectivity index (χ1v) is 8.13. The first kappa shape index (κ1) is 17.5. The highest BCUT2D eigenvalue weighted by molar-refractivity contribution is 6.16. The van der Waals surface area contributed by atoms with Crippen LogP contribution in [0.1, 0.15) is 23.2 Å². The van der Waals surface area contributed by atoms with E-state index < -0.39 is 23.5 Å². The number of hydrogen-bond donors (Lipinski definition) is 4. The van der Waals surface area contributed by atoms with Crippen molar-refractivity contribution >= 4 is 29.2 Å². The van der Waals surface area contributed by atoms with Gasteiger partial charge in [-0.25, -0.2) is 0 Å². The summed E-state index contributed by atoms with van der Waals surface area (Å²) in [5.41, 5.74) is 11.8. The normalized spacial score (nSPS) is 20.2. The number of ketones is 1. The maximum Gasteiger partial charge on any atom is 0.270 e. The van der Waals surface area contributed by atoms with Crippen LogP contribution in [0.4, 0.5) is 5.69 Å². The second kappa shape index (κ2) is 6.87. The summed E-state index contributed by atoms with van der Waals surface area (Å²) in [6.07, 6.45) is 0.347. The predicted molar refractivity (Wildman–Crippen MR) is 92.7 cm³/mol. The molecule has 3 amide bonds. The minimum Gasteiger partial charge on any atom is -0.394 e. The van der Waals surface area contributed by atoms with Crippen LogP contribution >= 0.6 is 0 Å². The highest BCUT2D eigenvalue weighted by atomic mass is 16.2. The van der Waals surface area contributed by atoms with Gasteiger partial charge in [-0.05, 0) is 30.7 Å². The molecule has 0 saturated carbocycles. The number of Topliss-reactive ketones (excluding diaryl/α,β-unsaturated/α-hetero) is 1. The molecule has 9 heteroatoms. The lowest BCUT2D eigenvalue weighted by Gasteiger charge is -2.21. The average molecular weight is 357 g/mol. The second-order valence-electron chi connectivity index (χ2n) is 6.25. The van der Waals surface area contributed by atoms with Crippen molar-refractivity contribution in [1.82, 2.24) is 10.6 Å². The Morgan fingerprint density at radius 1 is 1.19 bits per heavy atom. The molecule has 1 atom stereocenters. The molecular weight excluding hydrogens is 338 g/mol. The van der Waals surface area contributed by atoms with Gasteiger partial charge in [-0.3, -0.25) is 19.2 Å². The molecule has 6 N–H and O–H groups in total. The molecule has 0 bridgehead atoms. The lowest BCUT2D eigenvalue weighted by atomic mass is 10.1. The van der Waals surface area contributed by atoms with E-state index in [9.17, 15) is 19.2 Å². The maximum atomic E-state index is 12.3. The zero-order chi connectivity index (χ0) is 18.8. The molecule has 3 rings (SSSR count). The fraction of sp³-hybridized carbons (Fsp3) is 0.294. The first-order valence-electron chi connectivity index (χ1n) is 8.13. The summed E-state index contributed by atoms with van der Waals surface area (Å²) < 4.78 is 0. The van der Waals surface area contributed by atoms with Crippen LogP contribution in [-0.4, -0.2) is 42.6 Å². The third-order valence-corrected chi connectivity index (χ3v) is 4.42. The Hall–Kier alpha value is -3.36. The van der Waals surface area contributed by atoms with Crippen LogP contribution in [0.2, 0.25) is 0 Å². The van der Waals surface area contributed by atoms with Crippen molar-refractivity contribution in [3.05, 3.63) is 41.2 Å². The van der Waals surface area contributed by atoms with Gasteiger partial charge in [0, 0.05) is 30.4 Å². The van der Waals surface area contributed by atoms with Crippen LogP contribution in [0.15, 0.2) is 35.7 Å². The molecule has 26 heavy (non-hydrogen) atoms. The molecule has 1 saturated heterocycles. The standard InChI is InChI=1S/C17H19N5O4/c18-14-12(23)7-13(24)21-15(14)17(26)20-10-5-6-22(8-10)11-3-1-9(2-4-11)16(19)25/h1-4,10H,5-8,18H2,(H2,19,25)(H,20,26)(H,21,24). The van der Waals surface area contributed by atoms with Crippen molar-refractivity contribution in [2.45, 2.75) is 18.9 Å². The fourth-order valence-corrected chi connectivity index (χ4v) is 3.02. The summed E-state index contributed by atoms with van der Waals surface area (Å²) in [4.78, 5) is 48.6. The molecule has 2 aliphatic rings. The lowest BCUT2D eigenvalue weighted by molar-refractivity contribution is -0.129. The summed E-state index contributed by atoms with van der Waals surface area (Å²) in [5, 5.41) is 5.15. The van der Waals surface area contributed by atoms with Crippen LogP contribution in [0.25, 0.3) is 0 Å². The number of nitrogens with zero attached hydrogens (tertiary/aromatic N) is 1. The van der Waals surface area contributed by atoms with E-state index in [1.54, 1.807) is 24.3 Å². The molecule has 2 heterocycles. The molecule has 1 aromatic rings. The third-order valence-electron chi connectivity index (χ3n) is 4.42. The molecule has 9 nitrogen and oxygen atoms in total. The molecule has 1 aromatic carbocycles. The minimum absolute atomic E-state index is 0.160. The number of hydrogen-bond acceptors (Lipinski definition) is 6. The highest BCUT2D eigenvalue weighted by Gasteiger charge is 2.30. The van der Waals surface area contributed by atoms with Gasteiger partial charge in [0.1, 0.15) is 11.4 Å². The van der Waals surface area contributed by atoms with E-state index in [0.29, 0.717) is 25.1 Å². The predicted octanol–water partition coefficient (Wildman–Crippen LogP) is -1.26. The Morgan fingerprint density at radius 3 is 2.54 bits per heavy atom. The zero-order valence-corrected chi connectivity index (χ0v) is 14.0. The van der Waals surface area contributed by atoms with E-state index >= 15 is 0 Å². The van der Waals surface area contributed by atoms with Crippen molar-refractivity contribution in [1.29, 1.82) is 0 Å². The molecule has 136 valence electrons. The van der Waals surface area contributed by atoms with Gasteiger partial charge in [-0.15, -0.1) is 0 Å². The summed E-state index contributed by atoms with van der Waals surface area (Å²) in [7, 11) is 0. The number of benzene rings is 1. The van der Waals surface area contributed by atoms with Gasteiger partial charge in [0.15, 0.2) is 5.78 Å². The van der Waals surface area contributed by atoms with Gasteiger partial charge < -0.3 is 27.0 Å². The van der Waals surface area contributed by atoms with Crippen LogP contribution in [0.5, 0.6) is 0 Å². The van der Waals surface area contributed by atoms with Gasteiger partial charge in [0.25, 0.3) is 5.91 Å². The van der Waals surface area contributed by atoms with Crippen molar-refractivity contribution < 1.29 is 19.2 Å². The molecule has 1 unspecified atom stereocenters. The number of nitrogens with two attached hydrogens (primary N) is 2. The summed E-state index contributed by atoms with van der Waals surface area (Å²) in [5.74, 6) is -2.16. The van der Waals surface area contributed by atoms with Crippen LogP contribution < -0.4 is 27.0 Å². The number of primary amides is 1. The van der Waals surface area contributed by atoms with Crippen molar-refractivity contribution in [2.75, 3.05) is 18.0 Å². The molecule has 1 fully saturated rings. The number of anilines is 1. The molecule has 0 spiro atoms. The molecule has 2 aliphatic heterocycles. The van der Waals surface area contributed by atoms with Crippen molar-refractivity contribution in [3.63, 3.8) is 0 Å². The van der Waals surface area contributed by atoms with Crippen molar-refractivity contribution in [2.24, 2.45) is 11.5 Å². The van der Waals surface area contributed by atoms with E-state index in [4.69, 9.17) is 11.5 Å². The number of amides is 3. The summed E-state index contributed by atoms with van der Waals surface area (Å²) >= 11 is 0. The van der Waals surface area contributed by atoms with Gasteiger partial charge >= 0.3 is 0 Å². The van der Waals surface area contributed by atoms with Crippen LogP contribution in [0, 0.1) is 0 Å². The number of nitrogens with one attached hydrogen (secondary N) is 2. The summed E-state index contributed by atoms with van der Waals surface area (Å²) in [6, 6.07) is 6.74. The summed E-state index contributed by atoms with van der Waals surface area (Å²) in [6.45, 7) is 1.26. The largest absolute Gasteiger partial charge is 0.394 e. The Bertz CT molecular complexity index is 815. The molecular formula is C17H19N5O4. The minimum atomic E-state index is -0.570. The van der Waals surface area contributed by atoms with Gasteiger partial charge in [0.05, 0.1) is 6.42 Å². The smallest absolute Gasteiger partial charge is 0.270 e. The topological polar surface area (TPSA) is 148 Å². The monoisotopic (exact) mass is 357 g/mol. The van der Waals surface area contributed by atoms with E-state index in [0.717, 1.165) is 5.69 Å². The van der Waals surface area contributed by atoms with E-state index in [1.807, 2.05) is 0 Å². The second-order valence-corrected chi connectivity index (χ2v) is 6.25. The molecule has 0 aromatic heterocycles. The Balaban J connectivity index is 1.63. The van der Waals surface area contributed by atoms with E-state index in [-0.39, 0.29) is 23.9 Å². The average Bonchev–Trinajstić information content (AvgIpc) is 3.06. The van der Waals surface area contributed by atoms with E-state index in [1.165, 1.54) is 0 Å². The number of allylic oxidation sites excluding steroid dienone is 1. The number of rotatable bonds is 4. The molecule has 0 aliphatic carbocycles.